The Hall–Kier alpha value is -3.24. The van der Waals surface area contributed by atoms with Crippen molar-refractivity contribution in [1.82, 2.24) is 20.6 Å². The highest BCUT2D eigenvalue weighted by Gasteiger charge is 2.22. The summed E-state index contributed by atoms with van der Waals surface area (Å²) in [6.07, 6.45) is 0. The Morgan fingerprint density at radius 3 is 2.67 bits per heavy atom. The van der Waals surface area contributed by atoms with Crippen LogP contribution < -0.4 is 10.6 Å². The van der Waals surface area contributed by atoms with Crippen LogP contribution in [0.2, 0.25) is 5.02 Å². The largest absolute Gasteiger partial charge is 0.460 e. The third kappa shape index (κ3) is 6.39. The highest BCUT2D eigenvalue weighted by molar-refractivity contribution is 7.11. The molecule has 1 unspecified atom stereocenters. The minimum absolute atomic E-state index is 0.0101. The number of hydrogen-bond donors (Lipinski definition) is 3. The maximum Gasteiger partial charge on any atom is 0.302 e. The number of carbonyl (C=O) groups is 3. The van der Waals surface area contributed by atoms with Crippen molar-refractivity contribution in [2.45, 2.75) is 33.4 Å². The van der Waals surface area contributed by atoms with Gasteiger partial charge in [-0.3, -0.25) is 14.4 Å². The number of aromatic amines is 1. The van der Waals surface area contributed by atoms with Crippen LogP contribution in [0.1, 0.15) is 46.0 Å². The van der Waals surface area contributed by atoms with E-state index in [0.29, 0.717) is 22.0 Å². The van der Waals surface area contributed by atoms with Gasteiger partial charge in [0.25, 0.3) is 5.91 Å². The van der Waals surface area contributed by atoms with Crippen LogP contribution in [0.3, 0.4) is 0 Å². The smallest absolute Gasteiger partial charge is 0.302 e. The van der Waals surface area contributed by atoms with Crippen LogP contribution >= 0.6 is 22.9 Å². The fourth-order valence-corrected chi connectivity index (χ4v) is 4.09. The number of nitrogens with one attached hydrogen (secondary N) is 3. The van der Waals surface area contributed by atoms with Gasteiger partial charge in [0, 0.05) is 31.6 Å². The van der Waals surface area contributed by atoms with Gasteiger partial charge in [0.2, 0.25) is 5.91 Å². The van der Waals surface area contributed by atoms with Gasteiger partial charge in [-0.25, -0.2) is 9.37 Å². The Morgan fingerprint density at radius 1 is 1.24 bits per heavy atom. The van der Waals surface area contributed by atoms with Gasteiger partial charge >= 0.3 is 5.97 Å². The second-order valence-electron chi connectivity index (χ2n) is 7.22. The molecule has 0 saturated carbocycles. The van der Waals surface area contributed by atoms with Crippen LogP contribution in [-0.2, 0) is 20.9 Å². The summed E-state index contributed by atoms with van der Waals surface area (Å²) in [7, 11) is 0. The Kier molecular flexibility index (Phi) is 7.83. The van der Waals surface area contributed by atoms with Gasteiger partial charge in [0.15, 0.2) is 0 Å². The normalized spacial score (nSPS) is 11.7. The minimum atomic E-state index is -0.615. The predicted molar refractivity (Wildman–Crippen MR) is 122 cm³/mol. The molecule has 0 spiro atoms. The number of nitrogens with zero attached hydrogens (tertiary/aromatic N) is 1. The zero-order valence-corrected chi connectivity index (χ0v) is 19.7. The van der Waals surface area contributed by atoms with Crippen LogP contribution in [0.15, 0.2) is 30.3 Å². The molecule has 2 aromatic heterocycles. The first kappa shape index (κ1) is 24.4. The van der Waals surface area contributed by atoms with Crippen LogP contribution in [0.5, 0.6) is 0 Å². The zero-order valence-electron chi connectivity index (χ0n) is 18.1. The number of carbonyl (C=O) groups excluding carboxylic acids is 3. The summed E-state index contributed by atoms with van der Waals surface area (Å²) in [6, 6.07) is 6.97. The first-order valence-electron chi connectivity index (χ1n) is 9.93. The van der Waals surface area contributed by atoms with E-state index in [0.717, 1.165) is 4.88 Å². The van der Waals surface area contributed by atoms with Gasteiger partial charge < -0.3 is 20.4 Å². The zero-order chi connectivity index (χ0) is 24.1. The SMILES string of the molecule is CC(=O)NCC(NC(=O)c1ccc(-c2ccc(Cl)c(F)c2)[nH]1)c1nc(C)c(COC(C)=O)s1. The molecule has 0 aliphatic carbocycles. The maximum atomic E-state index is 13.8. The topological polar surface area (TPSA) is 113 Å². The first-order valence-corrected chi connectivity index (χ1v) is 11.1. The van der Waals surface area contributed by atoms with Gasteiger partial charge in [0.05, 0.1) is 21.6 Å². The molecule has 0 saturated heterocycles. The molecule has 11 heteroatoms. The second kappa shape index (κ2) is 10.6. The molecule has 0 aliphatic heterocycles. The lowest BCUT2D eigenvalue weighted by Crippen LogP contribution is -2.37. The Balaban J connectivity index is 1.79. The molecule has 33 heavy (non-hydrogen) atoms. The van der Waals surface area contributed by atoms with E-state index >= 15 is 0 Å². The van der Waals surface area contributed by atoms with Crippen molar-refractivity contribution in [3.8, 4) is 11.3 Å². The number of halogens is 2. The van der Waals surface area contributed by atoms with Crippen LogP contribution in [0.25, 0.3) is 11.3 Å². The predicted octanol–water partition coefficient (Wildman–Crippen LogP) is 3.91. The molecule has 3 aromatic rings. The number of hydrogen-bond acceptors (Lipinski definition) is 6. The van der Waals surface area contributed by atoms with E-state index in [1.54, 1.807) is 25.1 Å². The summed E-state index contributed by atoms with van der Waals surface area (Å²) >= 11 is 7.02. The molecule has 3 N–H and O–H groups in total. The number of rotatable bonds is 8. The molecule has 1 atom stereocenters. The summed E-state index contributed by atoms with van der Waals surface area (Å²) in [5.74, 6) is -1.65. The summed E-state index contributed by atoms with van der Waals surface area (Å²) in [6.45, 7) is 4.67. The number of esters is 1. The highest BCUT2D eigenvalue weighted by atomic mass is 35.5. The maximum absolute atomic E-state index is 13.8. The van der Waals surface area contributed by atoms with Crippen molar-refractivity contribution in [3.63, 3.8) is 0 Å². The summed E-state index contributed by atoms with van der Waals surface area (Å²) < 4.78 is 18.8. The number of benzene rings is 1. The number of ether oxygens (including phenoxy) is 1. The standard InChI is InChI=1S/C22H22ClFN4O4S/c1-11-20(10-32-13(3)30)33-22(26-11)19(9-25-12(2)29)28-21(31)18-7-6-17(27-18)14-4-5-15(23)16(24)8-14/h4-8,19,27H,9-10H2,1-3H3,(H,25,29)(H,28,31). The molecule has 0 bridgehead atoms. The van der Waals surface area contributed by atoms with Gasteiger partial charge in [-0.1, -0.05) is 17.7 Å². The molecule has 0 fully saturated rings. The van der Waals surface area contributed by atoms with Crippen molar-refractivity contribution in [2.75, 3.05) is 6.54 Å². The van der Waals surface area contributed by atoms with E-state index in [1.807, 2.05) is 0 Å². The lowest BCUT2D eigenvalue weighted by Gasteiger charge is -2.16. The van der Waals surface area contributed by atoms with Crippen molar-refractivity contribution in [1.29, 1.82) is 0 Å². The monoisotopic (exact) mass is 492 g/mol. The van der Waals surface area contributed by atoms with Crippen LogP contribution in [0.4, 0.5) is 4.39 Å². The van der Waals surface area contributed by atoms with Crippen molar-refractivity contribution in [3.05, 3.63) is 62.4 Å². The molecule has 2 heterocycles. The molecular formula is C22H22ClFN4O4S. The molecule has 1 aromatic carbocycles. The lowest BCUT2D eigenvalue weighted by atomic mass is 10.1. The van der Waals surface area contributed by atoms with Crippen molar-refractivity contribution >= 4 is 40.7 Å². The quantitative estimate of drug-likeness (QED) is 0.413. The van der Waals surface area contributed by atoms with Gasteiger partial charge in [0.1, 0.15) is 23.1 Å². The van der Waals surface area contributed by atoms with E-state index in [-0.39, 0.29) is 29.8 Å². The number of H-pyrrole nitrogens is 1. The summed E-state index contributed by atoms with van der Waals surface area (Å²) in [5, 5.41) is 6.11. The minimum Gasteiger partial charge on any atom is -0.460 e. The molecule has 0 radical (unpaired) electrons. The van der Waals surface area contributed by atoms with Gasteiger partial charge in [-0.15, -0.1) is 11.3 Å². The fourth-order valence-electron chi connectivity index (χ4n) is 2.94. The van der Waals surface area contributed by atoms with Crippen LogP contribution in [-0.4, -0.2) is 34.3 Å². The molecule has 3 rings (SSSR count). The van der Waals surface area contributed by atoms with E-state index in [2.05, 4.69) is 20.6 Å². The van der Waals surface area contributed by atoms with Gasteiger partial charge in [-0.05, 0) is 31.2 Å². The third-order valence-electron chi connectivity index (χ3n) is 4.64. The molecule has 8 nitrogen and oxygen atoms in total. The van der Waals surface area contributed by atoms with Gasteiger partial charge in [-0.2, -0.15) is 0 Å². The average molecular weight is 493 g/mol. The van der Waals surface area contributed by atoms with E-state index in [1.165, 1.54) is 37.3 Å². The Labute approximate surface area is 198 Å². The Morgan fingerprint density at radius 2 is 2.00 bits per heavy atom. The van der Waals surface area contributed by atoms with Crippen molar-refractivity contribution < 1.29 is 23.5 Å². The number of amides is 2. The lowest BCUT2D eigenvalue weighted by molar-refractivity contribution is -0.142. The Bertz CT molecular complexity index is 1190. The number of aromatic nitrogens is 2. The van der Waals surface area contributed by atoms with E-state index < -0.39 is 23.7 Å². The molecule has 2 amide bonds. The third-order valence-corrected chi connectivity index (χ3v) is 6.19. The van der Waals surface area contributed by atoms with Crippen LogP contribution in [0, 0.1) is 12.7 Å². The molecule has 174 valence electrons. The molecule has 0 aliphatic rings. The number of thiazole rings is 1. The summed E-state index contributed by atoms with van der Waals surface area (Å²) in [4.78, 5) is 43.7. The number of aryl methyl sites for hydroxylation is 1. The summed E-state index contributed by atoms with van der Waals surface area (Å²) in [5.41, 5.74) is 2.01. The highest BCUT2D eigenvalue weighted by Crippen LogP contribution is 2.26. The fraction of sp³-hybridized carbons (Fsp3) is 0.273. The molecular weight excluding hydrogens is 471 g/mol. The first-order chi connectivity index (χ1) is 15.6. The second-order valence-corrected chi connectivity index (χ2v) is 8.74. The van der Waals surface area contributed by atoms with E-state index in [4.69, 9.17) is 16.3 Å². The average Bonchev–Trinajstić information content (AvgIpc) is 3.38. The van der Waals surface area contributed by atoms with E-state index in [9.17, 15) is 18.8 Å². The van der Waals surface area contributed by atoms with Crippen molar-refractivity contribution in [2.24, 2.45) is 0 Å².